The Kier molecular flexibility index (Phi) is 7.76. The molecule has 2 atom stereocenters. The van der Waals surface area contributed by atoms with E-state index in [0.29, 0.717) is 23.4 Å². The van der Waals surface area contributed by atoms with E-state index in [4.69, 9.17) is 11.6 Å². The zero-order valence-corrected chi connectivity index (χ0v) is 15.7. The number of phenolic OH excluding ortho intramolecular Hbond substituents is 1. The van der Waals surface area contributed by atoms with Crippen LogP contribution < -0.4 is 0 Å². The van der Waals surface area contributed by atoms with Crippen molar-refractivity contribution in [3.8, 4) is 5.75 Å². The minimum absolute atomic E-state index is 0.0733. The van der Waals surface area contributed by atoms with Gasteiger partial charge in [0.2, 0.25) is 0 Å². The molecule has 1 aromatic carbocycles. The van der Waals surface area contributed by atoms with E-state index in [-0.39, 0.29) is 5.75 Å². The lowest BCUT2D eigenvalue weighted by molar-refractivity contribution is 0.180. The van der Waals surface area contributed by atoms with Crippen molar-refractivity contribution in [1.29, 1.82) is 0 Å². The van der Waals surface area contributed by atoms with E-state index in [1.165, 1.54) is 12.1 Å². The number of hydrogen-bond donors (Lipinski definition) is 3. The number of aliphatic hydroxyl groups is 2. The van der Waals surface area contributed by atoms with Crippen molar-refractivity contribution >= 4 is 22.9 Å². The number of benzene rings is 1. The topological polar surface area (TPSA) is 60.7 Å². The second-order valence-electron chi connectivity index (χ2n) is 5.89. The zero-order valence-electron chi connectivity index (χ0n) is 14.2. The Morgan fingerprint density at radius 2 is 2.08 bits per heavy atom. The van der Waals surface area contributed by atoms with Gasteiger partial charge in [0.15, 0.2) is 0 Å². The molecule has 134 valence electrons. The Hall–Kier alpha value is -1.55. The fourth-order valence-corrected chi connectivity index (χ4v) is 3.59. The molecule has 0 bridgehead atoms. The van der Waals surface area contributed by atoms with Gasteiger partial charge in [-0.25, -0.2) is 0 Å². The van der Waals surface area contributed by atoms with E-state index in [2.05, 4.69) is 12.7 Å². The second-order valence-corrected chi connectivity index (χ2v) is 7.28. The van der Waals surface area contributed by atoms with Crippen LogP contribution in [-0.4, -0.2) is 15.3 Å². The van der Waals surface area contributed by atoms with Gasteiger partial charge >= 0.3 is 0 Å². The van der Waals surface area contributed by atoms with Crippen molar-refractivity contribution in [2.24, 2.45) is 0 Å². The van der Waals surface area contributed by atoms with Gasteiger partial charge in [-0.05, 0) is 47.2 Å². The lowest BCUT2D eigenvalue weighted by Gasteiger charge is -2.11. The second kappa shape index (κ2) is 9.81. The summed E-state index contributed by atoms with van der Waals surface area (Å²) < 4.78 is 0. The smallest absolute Gasteiger partial charge is 0.117 e. The summed E-state index contributed by atoms with van der Waals surface area (Å²) in [4.78, 5) is 0.950. The van der Waals surface area contributed by atoms with E-state index >= 15 is 0 Å². The number of hydrogen-bond acceptors (Lipinski definition) is 4. The fraction of sp³-hybridized carbons (Fsp3) is 0.350. The number of thiophene rings is 1. The molecule has 0 unspecified atom stereocenters. The first-order chi connectivity index (χ1) is 12.0. The molecule has 3 nitrogen and oxygen atoms in total. The highest BCUT2D eigenvalue weighted by molar-refractivity contribution is 7.10. The van der Waals surface area contributed by atoms with Gasteiger partial charge in [-0.2, -0.15) is 0 Å². The van der Waals surface area contributed by atoms with Gasteiger partial charge in [-0.15, -0.1) is 17.1 Å². The number of aromatic hydroxyl groups is 1. The first-order valence-electron chi connectivity index (χ1n) is 8.32. The van der Waals surface area contributed by atoms with Crippen LogP contribution in [0.5, 0.6) is 5.75 Å². The molecule has 5 heteroatoms. The van der Waals surface area contributed by atoms with Crippen LogP contribution in [0.15, 0.2) is 53.1 Å². The third-order valence-corrected chi connectivity index (χ3v) is 5.15. The molecule has 0 aliphatic carbocycles. The van der Waals surface area contributed by atoms with Gasteiger partial charge < -0.3 is 15.3 Å². The highest BCUT2D eigenvalue weighted by Gasteiger charge is 2.12. The largest absolute Gasteiger partial charge is 0.508 e. The minimum Gasteiger partial charge on any atom is -0.508 e. The van der Waals surface area contributed by atoms with Crippen LogP contribution in [-0.2, 0) is 0 Å². The molecule has 0 amide bonds. The van der Waals surface area contributed by atoms with Gasteiger partial charge in [0.1, 0.15) is 5.75 Å². The summed E-state index contributed by atoms with van der Waals surface area (Å²) in [5.74, 6) is 0.0733. The van der Waals surface area contributed by atoms with Crippen LogP contribution in [0.4, 0.5) is 0 Å². The Balaban J connectivity index is 2.05. The average molecular weight is 379 g/mol. The Bertz CT molecular complexity index is 733. The van der Waals surface area contributed by atoms with E-state index in [9.17, 15) is 15.3 Å². The molecule has 3 N–H and O–H groups in total. The van der Waals surface area contributed by atoms with Crippen LogP contribution in [0.25, 0.3) is 0 Å². The molecule has 0 saturated heterocycles. The van der Waals surface area contributed by atoms with E-state index in [1.807, 2.05) is 17.5 Å². The van der Waals surface area contributed by atoms with Crippen molar-refractivity contribution < 1.29 is 15.3 Å². The van der Waals surface area contributed by atoms with Crippen LogP contribution in [0, 0.1) is 0 Å². The maximum absolute atomic E-state index is 10.3. The molecule has 2 aromatic rings. The summed E-state index contributed by atoms with van der Waals surface area (Å²) >= 11 is 7.59. The number of rotatable bonds is 8. The van der Waals surface area contributed by atoms with Crippen molar-refractivity contribution in [3.63, 3.8) is 0 Å². The van der Waals surface area contributed by atoms with Crippen molar-refractivity contribution in [2.75, 3.05) is 0 Å². The van der Waals surface area contributed by atoms with Crippen LogP contribution in [0.3, 0.4) is 0 Å². The molecular formula is C20H23ClO3S. The van der Waals surface area contributed by atoms with Crippen LogP contribution >= 0.6 is 22.9 Å². The standard InChI is InChI=1S/C20H23ClO3S/c1-2-5-14(12-19(24)20-8-4-11-25-20)6-3-7-18(23)16-10-9-15(22)13-17(16)21/h3-4,8-11,13,18-19,22-24H,2,5,7,12H2,1H3/t6?,18-,19-/m1/s1. The zero-order chi connectivity index (χ0) is 18.2. The Morgan fingerprint density at radius 3 is 2.72 bits per heavy atom. The summed E-state index contributed by atoms with van der Waals surface area (Å²) in [5.41, 5.74) is 4.84. The first-order valence-corrected chi connectivity index (χ1v) is 9.57. The third-order valence-electron chi connectivity index (χ3n) is 3.85. The molecule has 0 saturated carbocycles. The molecule has 1 heterocycles. The van der Waals surface area contributed by atoms with Gasteiger partial charge in [-0.3, -0.25) is 0 Å². The van der Waals surface area contributed by atoms with Gasteiger partial charge in [0.05, 0.1) is 17.2 Å². The molecule has 25 heavy (non-hydrogen) atoms. The van der Waals surface area contributed by atoms with Gasteiger partial charge in [0.25, 0.3) is 0 Å². The molecule has 0 spiro atoms. The van der Waals surface area contributed by atoms with Crippen molar-refractivity contribution in [1.82, 2.24) is 0 Å². The third kappa shape index (κ3) is 6.03. The number of halogens is 1. The molecule has 0 radical (unpaired) electrons. The summed E-state index contributed by atoms with van der Waals surface area (Å²) in [7, 11) is 0. The lowest BCUT2D eigenvalue weighted by Crippen LogP contribution is -1.97. The summed E-state index contributed by atoms with van der Waals surface area (Å²) in [5, 5.41) is 32.2. The molecule has 0 aliphatic rings. The molecule has 0 aliphatic heterocycles. The van der Waals surface area contributed by atoms with Crippen molar-refractivity contribution in [2.45, 2.75) is 44.8 Å². The summed E-state index contributed by atoms with van der Waals surface area (Å²) in [6, 6.07) is 8.40. The SMILES string of the molecule is CCCC(=C=CC[C@@H](O)c1ccc(O)cc1Cl)C[C@@H](O)c1cccs1. The highest BCUT2D eigenvalue weighted by atomic mass is 35.5. The lowest BCUT2D eigenvalue weighted by atomic mass is 10.0. The predicted molar refractivity (Wildman–Crippen MR) is 103 cm³/mol. The monoisotopic (exact) mass is 378 g/mol. The Morgan fingerprint density at radius 1 is 1.28 bits per heavy atom. The van der Waals surface area contributed by atoms with Gasteiger partial charge in [-0.1, -0.05) is 37.1 Å². The molecule has 1 aromatic heterocycles. The first kappa shape index (κ1) is 19.8. The van der Waals surface area contributed by atoms with E-state index < -0.39 is 12.2 Å². The maximum Gasteiger partial charge on any atom is 0.117 e. The minimum atomic E-state index is -0.759. The van der Waals surface area contributed by atoms with Gasteiger partial charge in [0, 0.05) is 17.7 Å². The van der Waals surface area contributed by atoms with Crippen LogP contribution in [0.2, 0.25) is 5.02 Å². The number of aliphatic hydroxyl groups excluding tert-OH is 2. The van der Waals surface area contributed by atoms with Crippen LogP contribution in [0.1, 0.15) is 55.3 Å². The predicted octanol–water partition coefficient (Wildman–Crippen LogP) is 5.54. The quantitative estimate of drug-likeness (QED) is 0.529. The number of phenols is 1. The Labute approximate surface area is 157 Å². The van der Waals surface area contributed by atoms with Crippen molar-refractivity contribution in [3.05, 3.63) is 68.6 Å². The normalized spacial score (nSPS) is 13.1. The average Bonchev–Trinajstić information content (AvgIpc) is 3.09. The summed E-state index contributed by atoms with van der Waals surface area (Å²) in [6.45, 7) is 2.09. The molecule has 0 fully saturated rings. The summed E-state index contributed by atoms with van der Waals surface area (Å²) in [6.07, 6.45) is 3.26. The molecular weight excluding hydrogens is 356 g/mol. The fourth-order valence-electron chi connectivity index (χ4n) is 2.58. The molecule has 2 rings (SSSR count). The highest BCUT2D eigenvalue weighted by Crippen LogP contribution is 2.29. The maximum atomic E-state index is 10.3. The van der Waals surface area contributed by atoms with E-state index in [0.717, 1.165) is 23.3 Å². The van der Waals surface area contributed by atoms with E-state index in [1.54, 1.807) is 23.5 Å².